The fraction of sp³-hybridized carbons (Fsp3) is 0.667. The number of nitrogens with zero attached hydrogens (tertiary/aromatic N) is 1. The smallest absolute Gasteiger partial charge is 0.256 e. The highest BCUT2D eigenvalue weighted by Gasteiger charge is 2.20. The minimum absolute atomic E-state index is 0.178. The summed E-state index contributed by atoms with van der Waals surface area (Å²) in [7, 11) is 0. The molecule has 0 amide bonds. The van der Waals surface area contributed by atoms with Gasteiger partial charge in [0.15, 0.2) is 4.77 Å². The Morgan fingerprint density at radius 3 is 2.50 bits per heavy atom. The summed E-state index contributed by atoms with van der Waals surface area (Å²) in [4.78, 5) is 2.79. The van der Waals surface area contributed by atoms with Crippen LogP contribution in [0.15, 0.2) is 6.20 Å². The standard InChI is InChI=1S/C9H14F2N2S/c1-9(2,3)6-4-12-8(14)13(6)5-7(10)11/h4,7H,5H2,1-3H3,(H,12,14). The number of alkyl halides is 2. The van der Waals surface area contributed by atoms with Crippen LogP contribution in [0, 0.1) is 4.77 Å². The fourth-order valence-electron chi connectivity index (χ4n) is 1.34. The number of halogens is 2. The molecule has 0 aliphatic rings. The Labute approximate surface area is 86.9 Å². The Balaban J connectivity index is 3.13. The Hall–Kier alpha value is -0.710. The molecule has 1 aromatic heterocycles. The highest BCUT2D eigenvalue weighted by atomic mass is 32.1. The number of hydrogen-bond acceptors (Lipinski definition) is 1. The summed E-state index contributed by atoms with van der Waals surface area (Å²) >= 11 is 4.93. The second kappa shape index (κ2) is 3.81. The van der Waals surface area contributed by atoms with Crippen LogP contribution in [-0.4, -0.2) is 16.0 Å². The molecule has 0 fully saturated rings. The molecule has 0 aromatic carbocycles. The zero-order valence-corrected chi connectivity index (χ0v) is 9.29. The lowest BCUT2D eigenvalue weighted by Crippen LogP contribution is -2.20. The molecule has 0 spiro atoms. The largest absolute Gasteiger partial charge is 0.337 e. The molecule has 1 rings (SSSR count). The SMILES string of the molecule is CC(C)(C)c1c[nH]c(=S)n1CC(F)F. The van der Waals surface area contributed by atoms with E-state index in [0.29, 0.717) is 4.77 Å². The van der Waals surface area contributed by atoms with Gasteiger partial charge in [0.05, 0.1) is 6.54 Å². The minimum Gasteiger partial charge on any atom is -0.337 e. The van der Waals surface area contributed by atoms with Gasteiger partial charge in [0.1, 0.15) is 0 Å². The summed E-state index contributed by atoms with van der Waals surface area (Å²) in [6, 6.07) is 0. The van der Waals surface area contributed by atoms with Crippen LogP contribution in [0.5, 0.6) is 0 Å². The van der Waals surface area contributed by atoms with Crippen molar-refractivity contribution in [1.82, 2.24) is 9.55 Å². The first-order valence-electron chi connectivity index (χ1n) is 4.39. The molecule has 2 nitrogen and oxygen atoms in total. The van der Waals surface area contributed by atoms with Crippen LogP contribution < -0.4 is 0 Å². The molecule has 0 atom stereocenters. The summed E-state index contributed by atoms with van der Waals surface area (Å²) < 4.78 is 26.3. The number of aromatic amines is 1. The topological polar surface area (TPSA) is 20.7 Å². The van der Waals surface area contributed by atoms with Crippen molar-refractivity contribution in [3.63, 3.8) is 0 Å². The van der Waals surface area contributed by atoms with E-state index in [1.807, 2.05) is 20.8 Å². The second-order valence-corrected chi connectivity index (χ2v) is 4.62. The molecule has 5 heteroatoms. The Kier molecular flexibility index (Phi) is 3.09. The van der Waals surface area contributed by atoms with Crippen LogP contribution in [0.25, 0.3) is 0 Å². The molecule has 0 radical (unpaired) electrons. The average Bonchev–Trinajstić information content (AvgIpc) is 2.30. The van der Waals surface area contributed by atoms with E-state index >= 15 is 0 Å². The molecule has 0 bridgehead atoms. The highest BCUT2D eigenvalue weighted by Crippen LogP contribution is 2.22. The maximum atomic E-state index is 12.3. The number of rotatable bonds is 2. The number of H-pyrrole nitrogens is 1. The van der Waals surface area contributed by atoms with Gasteiger partial charge in [-0.05, 0) is 12.2 Å². The number of hydrogen-bond donors (Lipinski definition) is 1. The van der Waals surface area contributed by atoms with Crippen molar-refractivity contribution in [2.45, 2.75) is 39.2 Å². The van der Waals surface area contributed by atoms with Gasteiger partial charge < -0.3 is 9.55 Å². The second-order valence-electron chi connectivity index (χ2n) is 4.23. The van der Waals surface area contributed by atoms with E-state index in [9.17, 15) is 8.78 Å². The average molecular weight is 220 g/mol. The van der Waals surface area contributed by atoms with Crippen molar-refractivity contribution in [2.24, 2.45) is 0 Å². The van der Waals surface area contributed by atoms with Gasteiger partial charge in [0.25, 0.3) is 6.43 Å². The third-order valence-corrected chi connectivity index (χ3v) is 2.30. The van der Waals surface area contributed by atoms with Gasteiger partial charge in [-0.25, -0.2) is 8.78 Å². The minimum atomic E-state index is -2.38. The first-order valence-corrected chi connectivity index (χ1v) is 4.80. The maximum absolute atomic E-state index is 12.3. The molecule has 1 heterocycles. The van der Waals surface area contributed by atoms with Gasteiger partial charge >= 0.3 is 0 Å². The third kappa shape index (κ3) is 2.41. The summed E-state index contributed by atoms with van der Waals surface area (Å²) in [5.74, 6) is 0. The van der Waals surface area contributed by atoms with Crippen LogP contribution >= 0.6 is 12.2 Å². The van der Waals surface area contributed by atoms with Gasteiger partial charge in [-0.15, -0.1) is 0 Å². The molecule has 0 saturated carbocycles. The third-order valence-electron chi connectivity index (χ3n) is 1.96. The van der Waals surface area contributed by atoms with Gasteiger partial charge in [-0.1, -0.05) is 20.8 Å². The quantitative estimate of drug-likeness (QED) is 0.759. The monoisotopic (exact) mass is 220 g/mol. The van der Waals surface area contributed by atoms with Gasteiger partial charge in [0.2, 0.25) is 0 Å². The normalized spacial score (nSPS) is 12.4. The van der Waals surface area contributed by atoms with E-state index < -0.39 is 6.43 Å². The lowest BCUT2D eigenvalue weighted by Gasteiger charge is -2.20. The molecule has 0 aliphatic heterocycles. The number of nitrogens with one attached hydrogen (secondary N) is 1. The number of aromatic nitrogens is 2. The van der Waals surface area contributed by atoms with Crippen molar-refractivity contribution < 1.29 is 8.78 Å². The molecule has 0 saturated heterocycles. The molecule has 80 valence electrons. The fourth-order valence-corrected chi connectivity index (χ4v) is 1.57. The predicted octanol–water partition coefficient (Wildman–Crippen LogP) is 3.11. The predicted molar refractivity (Wildman–Crippen MR) is 54.3 cm³/mol. The summed E-state index contributed by atoms with van der Waals surface area (Å²) in [5, 5.41) is 0. The maximum Gasteiger partial charge on any atom is 0.256 e. The van der Waals surface area contributed by atoms with Gasteiger partial charge in [0, 0.05) is 17.3 Å². The molecule has 1 aromatic rings. The van der Waals surface area contributed by atoms with E-state index in [2.05, 4.69) is 4.98 Å². The van der Waals surface area contributed by atoms with E-state index in [-0.39, 0.29) is 12.0 Å². The summed E-state index contributed by atoms with van der Waals surface area (Å²) in [5.41, 5.74) is 0.630. The summed E-state index contributed by atoms with van der Waals surface area (Å²) in [6.45, 7) is 5.56. The summed E-state index contributed by atoms with van der Waals surface area (Å²) in [6.07, 6.45) is -0.677. The Morgan fingerprint density at radius 1 is 1.50 bits per heavy atom. The lowest BCUT2D eigenvalue weighted by molar-refractivity contribution is 0.124. The molecule has 14 heavy (non-hydrogen) atoms. The van der Waals surface area contributed by atoms with Crippen molar-refractivity contribution in [3.8, 4) is 0 Å². The van der Waals surface area contributed by atoms with Crippen molar-refractivity contribution in [1.29, 1.82) is 0 Å². The lowest BCUT2D eigenvalue weighted by atomic mass is 9.93. The zero-order chi connectivity index (χ0) is 10.9. The van der Waals surface area contributed by atoms with Crippen molar-refractivity contribution in [2.75, 3.05) is 0 Å². The van der Waals surface area contributed by atoms with Crippen LogP contribution in [0.2, 0.25) is 0 Å². The van der Waals surface area contributed by atoms with Crippen molar-refractivity contribution in [3.05, 3.63) is 16.7 Å². The van der Waals surface area contributed by atoms with E-state index in [0.717, 1.165) is 5.69 Å². The molecule has 1 N–H and O–H groups in total. The van der Waals surface area contributed by atoms with Gasteiger partial charge in [-0.3, -0.25) is 0 Å². The molecular formula is C9H14F2N2S. The van der Waals surface area contributed by atoms with Gasteiger partial charge in [-0.2, -0.15) is 0 Å². The first kappa shape index (κ1) is 11.4. The van der Waals surface area contributed by atoms with E-state index in [1.165, 1.54) is 4.57 Å². The van der Waals surface area contributed by atoms with E-state index in [1.54, 1.807) is 6.20 Å². The first-order chi connectivity index (χ1) is 6.32. The van der Waals surface area contributed by atoms with Crippen LogP contribution in [0.1, 0.15) is 26.5 Å². The number of imidazole rings is 1. The van der Waals surface area contributed by atoms with Crippen LogP contribution in [0.3, 0.4) is 0 Å². The highest BCUT2D eigenvalue weighted by molar-refractivity contribution is 7.71. The van der Waals surface area contributed by atoms with Crippen molar-refractivity contribution >= 4 is 12.2 Å². The Morgan fingerprint density at radius 2 is 2.07 bits per heavy atom. The molecule has 0 unspecified atom stereocenters. The molecule has 0 aliphatic carbocycles. The zero-order valence-electron chi connectivity index (χ0n) is 8.47. The van der Waals surface area contributed by atoms with E-state index in [4.69, 9.17) is 12.2 Å². The molecular weight excluding hydrogens is 206 g/mol. The van der Waals surface area contributed by atoms with Crippen LogP contribution in [-0.2, 0) is 12.0 Å². The van der Waals surface area contributed by atoms with Crippen LogP contribution in [0.4, 0.5) is 8.78 Å². The Bertz CT molecular complexity index is 360.